The number of hydrogen-bond donors (Lipinski definition) is 2. The number of nitrogens with one attached hydrogen (secondary N) is 1. The summed E-state index contributed by atoms with van der Waals surface area (Å²) in [6.07, 6.45) is 1.81. The molecule has 1 amide bonds. The van der Waals surface area contributed by atoms with E-state index in [1.807, 2.05) is 30.3 Å². The Morgan fingerprint density at radius 2 is 2.13 bits per heavy atom. The van der Waals surface area contributed by atoms with Crippen LogP contribution in [0.25, 0.3) is 6.08 Å². The molecule has 5 heteroatoms. The van der Waals surface area contributed by atoms with E-state index in [-0.39, 0.29) is 5.91 Å². The molecule has 0 unspecified atom stereocenters. The van der Waals surface area contributed by atoms with Gasteiger partial charge in [0.2, 0.25) is 0 Å². The summed E-state index contributed by atoms with van der Waals surface area (Å²) in [5.41, 5.74) is 6.47. The maximum Gasteiger partial charge on any atom is 0.346 e. The highest BCUT2D eigenvalue weighted by Gasteiger charge is 2.24. The Bertz CT molecular complexity index is 482. The molecule has 76 valence electrons. The van der Waals surface area contributed by atoms with Gasteiger partial charge in [-0.3, -0.25) is 5.73 Å². The van der Waals surface area contributed by atoms with E-state index in [2.05, 4.69) is 20.9 Å². The average molecular weight is 284 g/mol. The molecule has 0 fully saturated rings. The van der Waals surface area contributed by atoms with Gasteiger partial charge in [-0.05, 0) is 17.7 Å². The van der Waals surface area contributed by atoms with E-state index in [9.17, 15) is 4.79 Å². The zero-order valence-corrected chi connectivity index (χ0v) is 10.1. The lowest BCUT2D eigenvalue weighted by molar-refractivity contribution is -0.367. The Morgan fingerprint density at radius 1 is 1.40 bits per heavy atom. The van der Waals surface area contributed by atoms with Crippen molar-refractivity contribution < 1.29 is 9.79 Å². The number of thioether (sulfide) groups is 1. The number of benzene rings is 1. The number of hydrogen-bond acceptors (Lipinski definition) is 3. The Morgan fingerprint density at radius 3 is 2.73 bits per heavy atom. The first kappa shape index (κ1) is 10.4. The number of amidine groups is 1. The standard InChI is InChI=1S/C10H7BrN2OS/c11-7-4-2-1-3-6(7)5-8-9(14)13-10(12)15-8/h1-5H,(H2,12,13,14)/p+1. The smallest absolute Gasteiger partial charge is 0.281 e. The average Bonchev–Trinajstić information content (AvgIpc) is 2.49. The number of rotatable bonds is 1. The summed E-state index contributed by atoms with van der Waals surface area (Å²) in [6.45, 7) is 0. The van der Waals surface area contributed by atoms with Crippen LogP contribution in [0.4, 0.5) is 0 Å². The van der Waals surface area contributed by atoms with Crippen molar-refractivity contribution in [1.82, 2.24) is 0 Å². The van der Waals surface area contributed by atoms with Crippen molar-refractivity contribution >= 4 is 44.8 Å². The van der Waals surface area contributed by atoms with Crippen LogP contribution in [-0.4, -0.2) is 11.1 Å². The number of carbonyl (C=O) groups excluding carboxylic acids is 1. The molecule has 0 radical (unpaired) electrons. The number of amides is 1. The minimum absolute atomic E-state index is 0.145. The van der Waals surface area contributed by atoms with E-state index in [4.69, 9.17) is 5.73 Å². The fraction of sp³-hybridized carbons (Fsp3) is 0. The van der Waals surface area contributed by atoms with Gasteiger partial charge in [-0.2, -0.15) is 4.99 Å². The van der Waals surface area contributed by atoms with Crippen molar-refractivity contribution in [3.63, 3.8) is 0 Å². The molecule has 0 saturated heterocycles. The van der Waals surface area contributed by atoms with Crippen LogP contribution in [0.5, 0.6) is 0 Å². The summed E-state index contributed by atoms with van der Waals surface area (Å²) in [5, 5.41) is 0.429. The van der Waals surface area contributed by atoms with E-state index in [1.54, 1.807) is 0 Å². The molecule has 15 heavy (non-hydrogen) atoms. The minimum atomic E-state index is -0.145. The van der Waals surface area contributed by atoms with Crippen LogP contribution in [0.15, 0.2) is 33.6 Å². The predicted octanol–water partition coefficient (Wildman–Crippen LogP) is 0.459. The van der Waals surface area contributed by atoms with Crippen LogP contribution in [0.1, 0.15) is 5.56 Å². The van der Waals surface area contributed by atoms with E-state index < -0.39 is 0 Å². The fourth-order valence-corrected chi connectivity index (χ4v) is 2.30. The molecule has 1 heterocycles. The summed E-state index contributed by atoms with van der Waals surface area (Å²) in [5.74, 6) is -0.145. The van der Waals surface area contributed by atoms with Crippen molar-refractivity contribution in [2.75, 3.05) is 0 Å². The highest BCUT2D eigenvalue weighted by Crippen LogP contribution is 2.24. The van der Waals surface area contributed by atoms with Crippen molar-refractivity contribution in [2.24, 2.45) is 5.73 Å². The second-order valence-corrected chi connectivity index (χ2v) is 4.89. The van der Waals surface area contributed by atoms with Crippen LogP contribution in [-0.2, 0) is 4.79 Å². The second-order valence-electron chi connectivity index (χ2n) is 2.95. The lowest BCUT2D eigenvalue weighted by Gasteiger charge is -1.97. The monoisotopic (exact) mass is 283 g/mol. The van der Waals surface area contributed by atoms with Crippen LogP contribution >= 0.6 is 27.7 Å². The number of carbonyl (C=O) groups is 1. The molecular formula is C10H8BrN2OS+. The van der Waals surface area contributed by atoms with Crippen molar-refractivity contribution in [3.05, 3.63) is 39.2 Å². The van der Waals surface area contributed by atoms with Crippen molar-refractivity contribution in [3.8, 4) is 0 Å². The Hall–Kier alpha value is -1.07. The molecule has 0 aliphatic carbocycles. The van der Waals surface area contributed by atoms with E-state index in [0.29, 0.717) is 10.1 Å². The normalized spacial score (nSPS) is 18.3. The Kier molecular flexibility index (Phi) is 2.93. The highest BCUT2D eigenvalue weighted by atomic mass is 79.9. The quantitative estimate of drug-likeness (QED) is 0.737. The SMILES string of the molecule is NC1=[NH+]C(=O)C(=Cc2ccccc2Br)S1. The van der Waals surface area contributed by atoms with Crippen LogP contribution < -0.4 is 10.7 Å². The van der Waals surface area contributed by atoms with Gasteiger partial charge in [0.1, 0.15) is 4.91 Å². The topological polar surface area (TPSA) is 57.1 Å². The summed E-state index contributed by atoms with van der Waals surface area (Å²) in [4.78, 5) is 14.5. The maximum atomic E-state index is 11.4. The number of halogens is 1. The molecule has 1 aliphatic rings. The third-order valence-corrected chi connectivity index (χ3v) is 3.44. The Labute approximate surface area is 99.6 Å². The van der Waals surface area contributed by atoms with Gasteiger partial charge in [-0.15, -0.1) is 0 Å². The van der Waals surface area contributed by atoms with Crippen molar-refractivity contribution in [2.45, 2.75) is 0 Å². The lowest BCUT2D eigenvalue weighted by atomic mass is 10.2. The van der Waals surface area contributed by atoms with Crippen LogP contribution in [0.2, 0.25) is 0 Å². The second kappa shape index (κ2) is 4.20. The zero-order chi connectivity index (χ0) is 10.8. The summed E-state index contributed by atoms with van der Waals surface area (Å²) in [6, 6.07) is 7.70. The summed E-state index contributed by atoms with van der Waals surface area (Å²) < 4.78 is 0.955. The molecule has 0 bridgehead atoms. The van der Waals surface area contributed by atoms with Crippen LogP contribution in [0.3, 0.4) is 0 Å². The molecule has 0 atom stereocenters. The molecular weight excluding hydrogens is 276 g/mol. The molecule has 1 aromatic rings. The van der Waals surface area contributed by atoms with Gasteiger partial charge < -0.3 is 0 Å². The van der Waals surface area contributed by atoms with Gasteiger partial charge in [0.05, 0.1) is 0 Å². The minimum Gasteiger partial charge on any atom is -0.281 e. The van der Waals surface area contributed by atoms with Gasteiger partial charge in [-0.1, -0.05) is 34.1 Å². The van der Waals surface area contributed by atoms with Gasteiger partial charge in [-0.25, -0.2) is 4.79 Å². The fourth-order valence-electron chi connectivity index (χ4n) is 1.19. The van der Waals surface area contributed by atoms with Gasteiger partial charge in [0.15, 0.2) is 0 Å². The van der Waals surface area contributed by atoms with E-state index in [1.165, 1.54) is 11.8 Å². The lowest BCUT2D eigenvalue weighted by Crippen LogP contribution is -2.75. The molecule has 1 aromatic carbocycles. The molecule has 3 N–H and O–H groups in total. The van der Waals surface area contributed by atoms with E-state index in [0.717, 1.165) is 10.0 Å². The summed E-state index contributed by atoms with van der Waals surface area (Å²) in [7, 11) is 0. The van der Waals surface area contributed by atoms with Gasteiger partial charge >= 0.3 is 11.1 Å². The van der Waals surface area contributed by atoms with Crippen molar-refractivity contribution in [1.29, 1.82) is 0 Å². The molecule has 0 spiro atoms. The molecule has 1 aliphatic heterocycles. The number of nitrogens with two attached hydrogens (primary N) is 1. The Balaban J connectivity index is 2.33. The third kappa shape index (κ3) is 2.30. The van der Waals surface area contributed by atoms with E-state index >= 15 is 0 Å². The maximum absolute atomic E-state index is 11.4. The first-order chi connectivity index (χ1) is 7.16. The molecule has 2 rings (SSSR count). The molecule has 3 nitrogen and oxygen atoms in total. The first-order valence-electron chi connectivity index (χ1n) is 4.24. The van der Waals surface area contributed by atoms with Crippen LogP contribution in [0, 0.1) is 0 Å². The van der Waals surface area contributed by atoms with Gasteiger partial charge in [0, 0.05) is 16.2 Å². The summed E-state index contributed by atoms with van der Waals surface area (Å²) >= 11 is 4.67. The third-order valence-electron chi connectivity index (χ3n) is 1.87. The first-order valence-corrected chi connectivity index (χ1v) is 5.85. The molecule has 0 saturated carbocycles. The largest absolute Gasteiger partial charge is 0.346 e. The highest BCUT2D eigenvalue weighted by molar-refractivity contribution is 9.10. The molecule has 0 aromatic heterocycles. The zero-order valence-electron chi connectivity index (χ0n) is 7.66. The van der Waals surface area contributed by atoms with Gasteiger partial charge in [0.25, 0.3) is 0 Å². The predicted molar refractivity (Wildman–Crippen MR) is 64.9 cm³/mol.